The number of carboxylic acid groups (broad SMARTS) is 1. The zero-order valence-corrected chi connectivity index (χ0v) is 9.98. The van der Waals surface area contributed by atoms with Gasteiger partial charge in [0.05, 0.1) is 5.41 Å². The van der Waals surface area contributed by atoms with Gasteiger partial charge in [-0.05, 0) is 42.7 Å². The van der Waals surface area contributed by atoms with Gasteiger partial charge in [-0.25, -0.2) is 0 Å². The predicted molar refractivity (Wildman–Crippen MR) is 66.2 cm³/mol. The quantitative estimate of drug-likeness (QED) is 0.863. The van der Waals surface area contributed by atoms with Crippen molar-refractivity contribution >= 4 is 5.97 Å². The Labute approximate surface area is 102 Å². The molecule has 2 saturated carbocycles. The maximum Gasteiger partial charge on any atom is 0.314 e. The van der Waals surface area contributed by atoms with Crippen LogP contribution in [-0.2, 0) is 10.2 Å². The number of carbonyl (C=O) groups is 1. The van der Waals surface area contributed by atoms with Crippen molar-refractivity contribution < 1.29 is 9.90 Å². The van der Waals surface area contributed by atoms with Crippen molar-refractivity contribution in [1.29, 1.82) is 0 Å². The molecule has 2 heteroatoms. The molecule has 1 N–H and O–H groups in total. The fraction of sp³-hybridized carbons (Fsp3) is 0.533. The van der Waals surface area contributed by atoms with Crippen LogP contribution in [0, 0.1) is 0 Å². The fourth-order valence-electron chi connectivity index (χ4n) is 3.26. The lowest BCUT2D eigenvalue weighted by Crippen LogP contribution is -2.33. The number of aliphatic carboxylic acids is 1. The molecular formula is C15H18O2. The third-order valence-corrected chi connectivity index (χ3v) is 4.36. The van der Waals surface area contributed by atoms with Crippen molar-refractivity contribution in [3.8, 4) is 0 Å². The van der Waals surface area contributed by atoms with E-state index in [-0.39, 0.29) is 0 Å². The largest absolute Gasteiger partial charge is 0.481 e. The highest BCUT2D eigenvalue weighted by atomic mass is 16.4. The Bertz CT molecular complexity index is 440. The van der Waals surface area contributed by atoms with Crippen molar-refractivity contribution in [3.05, 3.63) is 35.4 Å². The highest BCUT2D eigenvalue weighted by Gasteiger charge is 2.45. The van der Waals surface area contributed by atoms with Crippen LogP contribution in [0.4, 0.5) is 0 Å². The molecule has 0 amide bonds. The highest BCUT2D eigenvalue weighted by Crippen LogP contribution is 2.49. The Balaban J connectivity index is 2.09. The molecule has 0 saturated heterocycles. The summed E-state index contributed by atoms with van der Waals surface area (Å²) in [5.74, 6) is 0.00567. The van der Waals surface area contributed by atoms with Crippen LogP contribution in [0.2, 0.25) is 0 Å². The zero-order chi connectivity index (χ0) is 11.9. The first-order valence-corrected chi connectivity index (χ1v) is 6.57. The fourth-order valence-corrected chi connectivity index (χ4v) is 3.26. The van der Waals surface area contributed by atoms with Gasteiger partial charge >= 0.3 is 5.97 Å². The van der Waals surface area contributed by atoms with E-state index in [2.05, 4.69) is 6.07 Å². The molecule has 2 aliphatic carbocycles. The van der Waals surface area contributed by atoms with Crippen molar-refractivity contribution in [3.63, 3.8) is 0 Å². The standard InChI is InChI=1S/C15H18O2/c16-14(17)15(9-3-4-10-15)13-6-2-1-5-12(13)11-7-8-11/h1-2,5-6,11H,3-4,7-10H2,(H,16,17). The molecule has 0 radical (unpaired) electrons. The SMILES string of the molecule is O=C(O)C1(c2ccccc2C2CC2)CCCC1. The average Bonchev–Trinajstić information content (AvgIpc) is 3.06. The topological polar surface area (TPSA) is 37.3 Å². The van der Waals surface area contributed by atoms with E-state index >= 15 is 0 Å². The number of hydrogen-bond acceptors (Lipinski definition) is 1. The minimum absolute atomic E-state index is 0.584. The van der Waals surface area contributed by atoms with Gasteiger partial charge < -0.3 is 5.11 Å². The van der Waals surface area contributed by atoms with E-state index in [9.17, 15) is 9.90 Å². The molecule has 2 aliphatic rings. The summed E-state index contributed by atoms with van der Waals surface area (Å²) in [5, 5.41) is 9.64. The Morgan fingerprint density at radius 1 is 1.18 bits per heavy atom. The zero-order valence-electron chi connectivity index (χ0n) is 9.98. The van der Waals surface area contributed by atoms with Crippen LogP contribution < -0.4 is 0 Å². The van der Waals surface area contributed by atoms with E-state index in [1.54, 1.807) is 0 Å². The Morgan fingerprint density at radius 3 is 2.41 bits per heavy atom. The highest BCUT2D eigenvalue weighted by molar-refractivity contribution is 5.82. The minimum Gasteiger partial charge on any atom is -0.481 e. The maximum absolute atomic E-state index is 11.7. The molecule has 2 fully saturated rings. The summed E-state index contributed by atoms with van der Waals surface area (Å²) in [6.07, 6.45) is 6.17. The monoisotopic (exact) mass is 230 g/mol. The Hall–Kier alpha value is -1.31. The van der Waals surface area contributed by atoms with E-state index in [0.717, 1.165) is 31.2 Å². The van der Waals surface area contributed by atoms with Crippen LogP contribution in [-0.4, -0.2) is 11.1 Å². The molecule has 90 valence electrons. The molecule has 0 atom stereocenters. The number of benzene rings is 1. The summed E-state index contributed by atoms with van der Waals surface area (Å²) >= 11 is 0. The van der Waals surface area contributed by atoms with Crippen LogP contribution in [0.1, 0.15) is 55.6 Å². The number of hydrogen-bond donors (Lipinski definition) is 1. The molecule has 0 bridgehead atoms. The summed E-state index contributed by atoms with van der Waals surface area (Å²) in [7, 11) is 0. The molecule has 1 aromatic rings. The van der Waals surface area contributed by atoms with Gasteiger partial charge in [-0.1, -0.05) is 37.1 Å². The molecule has 0 heterocycles. The smallest absolute Gasteiger partial charge is 0.314 e. The van der Waals surface area contributed by atoms with Crippen LogP contribution >= 0.6 is 0 Å². The number of rotatable bonds is 3. The van der Waals surface area contributed by atoms with Crippen LogP contribution in [0.5, 0.6) is 0 Å². The number of carboxylic acids is 1. The van der Waals surface area contributed by atoms with Gasteiger partial charge in [0.1, 0.15) is 0 Å². The Morgan fingerprint density at radius 2 is 1.82 bits per heavy atom. The van der Waals surface area contributed by atoms with Gasteiger partial charge in [-0.15, -0.1) is 0 Å². The van der Waals surface area contributed by atoms with Crippen molar-refractivity contribution in [2.24, 2.45) is 0 Å². The van der Waals surface area contributed by atoms with Gasteiger partial charge in [0.25, 0.3) is 0 Å². The summed E-state index contributed by atoms with van der Waals surface area (Å²) < 4.78 is 0. The summed E-state index contributed by atoms with van der Waals surface area (Å²) in [6.45, 7) is 0. The second-order valence-electron chi connectivity index (χ2n) is 5.46. The first kappa shape index (κ1) is 10.8. The lowest BCUT2D eigenvalue weighted by Gasteiger charge is -2.27. The van der Waals surface area contributed by atoms with E-state index in [1.807, 2.05) is 18.2 Å². The van der Waals surface area contributed by atoms with E-state index < -0.39 is 11.4 Å². The molecule has 0 spiro atoms. The van der Waals surface area contributed by atoms with E-state index in [1.165, 1.54) is 18.4 Å². The Kier molecular flexibility index (Phi) is 2.46. The molecule has 2 nitrogen and oxygen atoms in total. The summed E-state index contributed by atoms with van der Waals surface area (Å²) in [5.41, 5.74) is 1.82. The molecule has 1 aromatic carbocycles. The van der Waals surface area contributed by atoms with Crippen molar-refractivity contribution in [1.82, 2.24) is 0 Å². The van der Waals surface area contributed by atoms with Gasteiger partial charge in [0.15, 0.2) is 0 Å². The predicted octanol–water partition coefficient (Wildman–Crippen LogP) is 3.46. The second-order valence-corrected chi connectivity index (χ2v) is 5.46. The van der Waals surface area contributed by atoms with Crippen LogP contribution in [0.3, 0.4) is 0 Å². The molecule has 17 heavy (non-hydrogen) atoms. The lowest BCUT2D eigenvalue weighted by atomic mass is 9.76. The summed E-state index contributed by atoms with van der Waals surface area (Å²) in [4.78, 5) is 11.7. The first-order valence-electron chi connectivity index (χ1n) is 6.57. The van der Waals surface area contributed by atoms with Crippen molar-refractivity contribution in [2.75, 3.05) is 0 Å². The maximum atomic E-state index is 11.7. The van der Waals surface area contributed by atoms with E-state index in [4.69, 9.17) is 0 Å². The third-order valence-electron chi connectivity index (χ3n) is 4.36. The molecule has 0 aliphatic heterocycles. The van der Waals surface area contributed by atoms with Crippen molar-refractivity contribution in [2.45, 2.75) is 49.9 Å². The van der Waals surface area contributed by atoms with Gasteiger partial charge in [0.2, 0.25) is 0 Å². The molecule has 3 rings (SSSR count). The lowest BCUT2D eigenvalue weighted by molar-refractivity contribution is -0.143. The molecular weight excluding hydrogens is 212 g/mol. The van der Waals surface area contributed by atoms with Crippen LogP contribution in [0.15, 0.2) is 24.3 Å². The average molecular weight is 230 g/mol. The third kappa shape index (κ3) is 1.67. The molecule has 0 aromatic heterocycles. The molecule has 0 unspecified atom stereocenters. The van der Waals surface area contributed by atoms with Gasteiger partial charge in [0, 0.05) is 0 Å². The van der Waals surface area contributed by atoms with E-state index in [0.29, 0.717) is 5.92 Å². The van der Waals surface area contributed by atoms with Crippen LogP contribution in [0.25, 0.3) is 0 Å². The minimum atomic E-state index is -0.622. The van der Waals surface area contributed by atoms with Gasteiger partial charge in [-0.2, -0.15) is 0 Å². The summed E-state index contributed by atoms with van der Waals surface area (Å²) in [6, 6.07) is 8.22. The normalized spacial score (nSPS) is 22.6. The first-order chi connectivity index (χ1) is 8.24. The van der Waals surface area contributed by atoms with Gasteiger partial charge in [-0.3, -0.25) is 4.79 Å². The second kappa shape index (κ2) is 3.86.